The lowest BCUT2D eigenvalue weighted by Crippen LogP contribution is -2.30. The molecular weight excluding hydrogens is 373 g/mol. The van der Waals surface area contributed by atoms with Crippen LogP contribution in [0.2, 0.25) is 5.02 Å². The second-order valence-electron chi connectivity index (χ2n) is 4.65. The van der Waals surface area contributed by atoms with Crippen LogP contribution in [-0.4, -0.2) is 30.8 Å². The van der Waals surface area contributed by atoms with Crippen LogP contribution in [0.25, 0.3) is 0 Å². The summed E-state index contributed by atoms with van der Waals surface area (Å²) in [7, 11) is 0. The molecule has 1 heterocycles. The van der Waals surface area contributed by atoms with Crippen LogP contribution in [0.3, 0.4) is 0 Å². The van der Waals surface area contributed by atoms with Gasteiger partial charge in [0, 0.05) is 22.9 Å². The van der Waals surface area contributed by atoms with Crippen LogP contribution in [0.5, 0.6) is 0 Å². The molecule has 1 aromatic carbocycles. The molecule has 1 aromatic heterocycles. The van der Waals surface area contributed by atoms with Gasteiger partial charge in [0.2, 0.25) is 0 Å². The number of thiophene rings is 1. The van der Waals surface area contributed by atoms with Crippen molar-refractivity contribution in [3.63, 3.8) is 0 Å². The van der Waals surface area contributed by atoms with E-state index in [1.807, 2.05) is 11.4 Å². The number of benzene rings is 1. The van der Waals surface area contributed by atoms with Gasteiger partial charge in [-0.25, -0.2) is 9.18 Å². The normalized spacial score (nSPS) is 10.4. The second kappa shape index (κ2) is 9.66. The quantitative estimate of drug-likeness (QED) is 0.553. The molecule has 2 aromatic rings. The highest BCUT2D eigenvalue weighted by Gasteiger charge is 2.18. The summed E-state index contributed by atoms with van der Waals surface area (Å²) >= 11 is 9.15. The van der Waals surface area contributed by atoms with Crippen molar-refractivity contribution in [2.45, 2.75) is 5.75 Å². The van der Waals surface area contributed by atoms with Crippen LogP contribution < -0.4 is 5.32 Å². The minimum absolute atomic E-state index is 0.0506. The van der Waals surface area contributed by atoms with E-state index in [0.29, 0.717) is 6.54 Å². The first-order valence-electron chi connectivity index (χ1n) is 7.06. The number of halogens is 2. The molecule has 0 aliphatic rings. The van der Waals surface area contributed by atoms with E-state index in [0.717, 1.165) is 17.6 Å². The van der Waals surface area contributed by atoms with E-state index in [1.54, 1.807) is 23.1 Å². The summed E-state index contributed by atoms with van der Waals surface area (Å²) in [5.41, 5.74) is -0.363. The van der Waals surface area contributed by atoms with Gasteiger partial charge in [-0.3, -0.25) is 4.79 Å². The first kappa shape index (κ1) is 18.8. The third kappa shape index (κ3) is 5.81. The van der Waals surface area contributed by atoms with Crippen LogP contribution in [-0.2, 0) is 15.3 Å². The van der Waals surface area contributed by atoms with Crippen molar-refractivity contribution in [1.29, 1.82) is 0 Å². The molecule has 0 saturated heterocycles. The molecule has 4 nitrogen and oxygen atoms in total. The van der Waals surface area contributed by atoms with Gasteiger partial charge in [0.15, 0.2) is 6.61 Å². The highest BCUT2D eigenvalue weighted by atomic mass is 35.5. The lowest BCUT2D eigenvalue weighted by Gasteiger charge is -2.08. The van der Waals surface area contributed by atoms with Gasteiger partial charge in [-0.2, -0.15) is 11.8 Å². The average molecular weight is 388 g/mol. The Hall–Kier alpha value is -1.57. The van der Waals surface area contributed by atoms with Crippen molar-refractivity contribution in [3.05, 3.63) is 57.0 Å². The predicted octanol–water partition coefficient (Wildman–Crippen LogP) is 3.75. The molecule has 2 rings (SSSR count). The number of carbonyl (C=O) groups excluding carboxylic acids is 2. The van der Waals surface area contributed by atoms with E-state index in [-0.39, 0.29) is 10.6 Å². The van der Waals surface area contributed by atoms with Crippen molar-refractivity contribution in [2.75, 3.05) is 18.9 Å². The topological polar surface area (TPSA) is 55.4 Å². The van der Waals surface area contributed by atoms with E-state index in [1.165, 1.54) is 17.0 Å². The molecule has 0 aliphatic carbocycles. The van der Waals surface area contributed by atoms with E-state index in [4.69, 9.17) is 16.3 Å². The second-order valence-corrected chi connectivity index (χ2v) is 7.20. The maximum atomic E-state index is 13.5. The van der Waals surface area contributed by atoms with Crippen LogP contribution in [0.4, 0.5) is 4.39 Å². The SMILES string of the molecule is O=C(COC(=O)c1c(F)cccc1Cl)NCCSCc1cccs1. The Kier molecular flexibility index (Phi) is 7.55. The minimum Gasteiger partial charge on any atom is -0.452 e. The molecular formula is C16H15ClFNO3S2. The van der Waals surface area contributed by atoms with Gasteiger partial charge in [0.25, 0.3) is 5.91 Å². The zero-order valence-electron chi connectivity index (χ0n) is 12.6. The van der Waals surface area contributed by atoms with Crippen LogP contribution >= 0.6 is 34.7 Å². The number of esters is 1. The number of carbonyl (C=O) groups is 2. The van der Waals surface area contributed by atoms with Gasteiger partial charge < -0.3 is 10.1 Å². The Morgan fingerprint density at radius 3 is 2.83 bits per heavy atom. The lowest BCUT2D eigenvalue weighted by molar-refractivity contribution is -0.124. The fraction of sp³-hybridized carbons (Fsp3) is 0.250. The number of hydrogen-bond donors (Lipinski definition) is 1. The molecule has 0 aliphatic heterocycles. The molecule has 0 bridgehead atoms. The number of hydrogen-bond acceptors (Lipinski definition) is 5. The Morgan fingerprint density at radius 2 is 2.12 bits per heavy atom. The zero-order chi connectivity index (χ0) is 17.4. The highest BCUT2D eigenvalue weighted by Crippen LogP contribution is 2.19. The molecule has 0 fully saturated rings. The molecule has 0 unspecified atom stereocenters. The number of nitrogens with one attached hydrogen (secondary N) is 1. The third-order valence-corrected chi connectivity index (χ3v) is 5.28. The Bertz CT molecular complexity index is 674. The van der Waals surface area contributed by atoms with E-state index in [2.05, 4.69) is 11.4 Å². The van der Waals surface area contributed by atoms with Gasteiger partial charge in [-0.15, -0.1) is 11.3 Å². The zero-order valence-corrected chi connectivity index (χ0v) is 15.0. The fourth-order valence-corrected chi connectivity index (χ4v) is 3.72. The van der Waals surface area contributed by atoms with E-state index < -0.39 is 24.3 Å². The van der Waals surface area contributed by atoms with Crippen molar-refractivity contribution in [3.8, 4) is 0 Å². The molecule has 1 N–H and O–H groups in total. The van der Waals surface area contributed by atoms with Gasteiger partial charge in [0.1, 0.15) is 11.4 Å². The third-order valence-electron chi connectivity index (χ3n) is 2.89. The molecule has 0 saturated carbocycles. The summed E-state index contributed by atoms with van der Waals surface area (Å²) in [5.74, 6) is -0.531. The standard InChI is InChI=1S/C16H15ClFNO3S2/c17-12-4-1-5-13(18)15(12)16(21)22-9-14(20)19-6-8-23-10-11-3-2-7-24-11/h1-5,7H,6,8-10H2,(H,19,20). The predicted molar refractivity (Wildman–Crippen MR) is 95.2 cm³/mol. The number of amides is 1. The van der Waals surface area contributed by atoms with Crippen LogP contribution in [0.1, 0.15) is 15.2 Å². The smallest absolute Gasteiger partial charge is 0.343 e. The number of thioether (sulfide) groups is 1. The molecule has 128 valence electrons. The molecule has 0 radical (unpaired) electrons. The average Bonchev–Trinajstić information content (AvgIpc) is 3.06. The maximum absolute atomic E-state index is 13.5. The van der Waals surface area contributed by atoms with Gasteiger partial charge >= 0.3 is 5.97 Å². The summed E-state index contributed by atoms with van der Waals surface area (Å²) < 4.78 is 18.3. The Balaban J connectivity index is 1.65. The van der Waals surface area contributed by atoms with Crippen LogP contribution in [0, 0.1) is 5.82 Å². The summed E-state index contributed by atoms with van der Waals surface area (Å²) in [4.78, 5) is 24.7. The van der Waals surface area contributed by atoms with Gasteiger partial charge in [-0.05, 0) is 23.6 Å². The largest absolute Gasteiger partial charge is 0.452 e. The first-order valence-corrected chi connectivity index (χ1v) is 9.47. The molecule has 1 amide bonds. The minimum atomic E-state index is -0.958. The monoisotopic (exact) mass is 387 g/mol. The molecule has 0 spiro atoms. The summed E-state index contributed by atoms with van der Waals surface area (Å²) in [6.45, 7) is -0.00797. The number of ether oxygens (including phenoxy) is 1. The van der Waals surface area contributed by atoms with Gasteiger partial charge in [0.05, 0.1) is 5.02 Å². The van der Waals surface area contributed by atoms with Crippen molar-refractivity contribution >= 4 is 46.6 Å². The maximum Gasteiger partial charge on any atom is 0.343 e. The Labute approximate surface area is 152 Å². The number of rotatable bonds is 8. The van der Waals surface area contributed by atoms with Crippen molar-refractivity contribution in [1.82, 2.24) is 5.32 Å². The van der Waals surface area contributed by atoms with Gasteiger partial charge in [-0.1, -0.05) is 23.7 Å². The fourth-order valence-electron chi connectivity index (χ4n) is 1.78. The summed E-state index contributed by atoms with van der Waals surface area (Å²) in [6.07, 6.45) is 0. The Morgan fingerprint density at radius 1 is 1.29 bits per heavy atom. The van der Waals surface area contributed by atoms with Crippen molar-refractivity contribution < 1.29 is 18.7 Å². The van der Waals surface area contributed by atoms with Crippen LogP contribution in [0.15, 0.2) is 35.7 Å². The first-order chi connectivity index (χ1) is 11.6. The highest BCUT2D eigenvalue weighted by molar-refractivity contribution is 7.98. The van der Waals surface area contributed by atoms with Crippen molar-refractivity contribution in [2.24, 2.45) is 0 Å². The molecule has 8 heteroatoms. The lowest BCUT2D eigenvalue weighted by atomic mass is 10.2. The van der Waals surface area contributed by atoms with E-state index >= 15 is 0 Å². The summed E-state index contributed by atoms with van der Waals surface area (Å²) in [5, 5.41) is 4.61. The van der Waals surface area contributed by atoms with E-state index in [9.17, 15) is 14.0 Å². The molecule has 0 atom stereocenters. The summed E-state index contributed by atoms with van der Waals surface area (Å²) in [6, 6.07) is 7.93. The molecule has 24 heavy (non-hydrogen) atoms.